The summed E-state index contributed by atoms with van der Waals surface area (Å²) in [5, 5.41) is 0.333. The molecule has 0 radical (unpaired) electrons. The lowest BCUT2D eigenvalue weighted by molar-refractivity contribution is 0.597. The van der Waals surface area contributed by atoms with Crippen LogP contribution in [0.15, 0.2) is 21.2 Å². The third-order valence-corrected chi connectivity index (χ3v) is 5.12. The third kappa shape index (κ3) is 3.34. The van der Waals surface area contributed by atoms with Crippen molar-refractivity contribution in [2.45, 2.75) is 31.8 Å². The van der Waals surface area contributed by atoms with Crippen LogP contribution in [0.3, 0.4) is 0 Å². The van der Waals surface area contributed by atoms with Crippen molar-refractivity contribution in [3.8, 4) is 0 Å². The zero-order chi connectivity index (χ0) is 14.0. The molecule has 0 aliphatic heterocycles. The lowest BCUT2D eigenvalue weighted by Crippen LogP contribution is -2.13. The number of nitrogens with zero attached hydrogens (tertiary/aromatic N) is 3. The van der Waals surface area contributed by atoms with Gasteiger partial charge in [-0.1, -0.05) is 18.3 Å². The average molecular weight is 365 g/mol. The molecule has 0 aliphatic carbocycles. The minimum atomic E-state index is -3.67. The topological polar surface area (TPSA) is 76.9 Å². The summed E-state index contributed by atoms with van der Waals surface area (Å²) in [4.78, 5) is 8.02. The fourth-order valence-corrected chi connectivity index (χ4v) is 3.90. The Balaban J connectivity index is 2.26. The zero-order valence-corrected chi connectivity index (χ0v) is 13.6. The Morgan fingerprint density at radius 1 is 1.53 bits per heavy atom. The summed E-state index contributed by atoms with van der Waals surface area (Å²) in [6.07, 6.45) is 4.01. The van der Waals surface area contributed by atoms with Gasteiger partial charge >= 0.3 is 0 Å². The molecule has 6 nitrogen and oxygen atoms in total. The van der Waals surface area contributed by atoms with E-state index in [0.29, 0.717) is 11.0 Å². The molecule has 0 aromatic carbocycles. The molecule has 0 saturated heterocycles. The molecule has 0 atom stereocenters. The second kappa shape index (κ2) is 5.59. The first-order valence-electron chi connectivity index (χ1n) is 5.60. The number of imidazole rings is 1. The predicted octanol–water partition coefficient (Wildman–Crippen LogP) is 2.62. The number of rotatable bonds is 5. The van der Waals surface area contributed by atoms with Crippen LogP contribution in [0.2, 0.25) is 0 Å². The minimum absolute atomic E-state index is 0.0183. The molecule has 0 saturated carbocycles. The van der Waals surface area contributed by atoms with Gasteiger partial charge in [-0.15, -0.1) is 0 Å². The van der Waals surface area contributed by atoms with Crippen LogP contribution < -0.4 is 4.72 Å². The number of anilines is 1. The maximum absolute atomic E-state index is 12.1. The number of aromatic nitrogens is 3. The van der Waals surface area contributed by atoms with E-state index in [9.17, 15) is 8.42 Å². The number of thiazole rings is 1. The van der Waals surface area contributed by atoms with Crippen LogP contribution in [0.4, 0.5) is 5.13 Å². The van der Waals surface area contributed by atoms with E-state index in [1.807, 2.05) is 11.5 Å². The Labute approximate surface area is 124 Å². The first-order chi connectivity index (χ1) is 8.92. The summed E-state index contributed by atoms with van der Waals surface area (Å²) < 4.78 is 29.3. The molecule has 2 aromatic rings. The van der Waals surface area contributed by atoms with Crippen molar-refractivity contribution < 1.29 is 8.42 Å². The molecule has 2 rings (SSSR count). The van der Waals surface area contributed by atoms with E-state index in [-0.39, 0.29) is 5.03 Å². The number of hydrogen-bond donors (Lipinski definition) is 1. The maximum Gasteiger partial charge on any atom is 0.282 e. The van der Waals surface area contributed by atoms with Crippen molar-refractivity contribution >= 4 is 42.4 Å². The number of hydrogen-bond acceptors (Lipinski definition) is 5. The van der Waals surface area contributed by atoms with E-state index in [1.54, 1.807) is 19.3 Å². The molecule has 0 bridgehead atoms. The normalized spacial score (nSPS) is 11.7. The van der Waals surface area contributed by atoms with E-state index in [0.717, 1.165) is 16.8 Å². The molecular formula is C10H13BrN4O2S2. The lowest BCUT2D eigenvalue weighted by atomic mass is 10.5. The van der Waals surface area contributed by atoms with Gasteiger partial charge in [0.15, 0.2) is 10.2 Å². The van der Waals surface area contributed by atoms with Gasteiger partial charge in [-0.25, -0.2) is 9.97 Å². The van der Waals surface area contributed by atoms with E-state index in [2.05, 4.69) is 30.6 Å². The Kier molecular flexibility index (Phi) is 4.26. The molecule has 2 aromatic heterocycles. The van der Waals surface area contributed by atoms with Crippen LogP contribution >= 0.6 is 27.3 Å². The number of aryl methyl sites for hydroxylation is 2. The van der Waals surface area contributed by atoms with Crippen LogP contribution in [0.5, 0.6) is 0 Å². The lowest BCUT2D eigenvalue weighted by Gasteiger charge is -2.01. The van der Waals surface area contributed by atoms with Crippen LogP contribution in [-0.2, 0) is 16.6 Å². The van der Waals surface area contributed by atoms with Gasteiger partial charge in [0, 0.05) is 12.7 Å². The standard InChI is InChI=1S/C10H13BrN4O2S2/c1-3-4-15-6-9(13-7(15)2)19(16,17)14-10-12-5-8(11)18-10/h5-6H,3-4H2,1-2H3,(H,12,14). The molecule has 104 valence electrons. The van der Waals surface area contributed by atoms with Crippen molar-refractivity contribution in [1.82, 2.24) is 14.5 Å². The fraction of sp³-hybridized carbons (Fsp3) is 0.400. The second-order valence-electron chi connectivity index (χ2n) is 3.89. The van der Waals surface area contributed by atoms with Gasteiger partial charge < -0.3 is 4.57 Å². The molecule has 2 heterocycles. The van der Waals surface area contributed by atoms with Gasteiger partial charge in [0.2, 0.25) is 0 Å². The van der Waals surface area contributed by atoms with Crippen molar-refractivity contribution in [2.75, 3.05) is 4.72 Å². The number of sulfonamides is 1. The highest BCUT2D eigenvalue weighted by Crippen LogP contribution is 2.25. The highest BCUT2D eigenvalue weighted by molar-refractivity contribution is 9.11. The van der Waals surface area contributed by atoms with Crippen molar-refractivity contribution in [3.63, 3.8) is 0 Å². The molecule has 0 unspecified atom stereocenters. The predicted molar refractivity (Wildman–Crippen MR) is 77.9 cm³/mol. The zero-order valence-electron chi connectivity index (χ0n) is 10.4. The van der Waals surface area contributed by atoms with E-state index >= 15 is 0 Å². The Morgan fingerprint density at radius 3 is 2.84 bits per heavy atom. The van der Waals surface area contributed by atoms with Crippen LogP contribution in [0.1, 0.15) is 19.2 Å². The van der Waals surface area contributed by atoms with Gasteiger partial charge in [-0.2, -0.15) is 8.42 Å². The number of halogens is 1. The van der Waals surface area contributed by atoms with E-state index < -0.39 is 10.0 Å². The van der Waals surface area contributed by atoms with Crippen LogP contribution in [0, 0.1) is 6.92 Å². The first-order valence-corrected chi connectivity index (χ1v) is 8.69. The monoisotopic (exact) mass is 364 g/mol. The Bertz CT molecular complexity index is 678. The molecule has 0 aliphatic rings. The van der Waals surface area contributed by atoms with Crippen molar-refractivity contribution in [1.29, 1.82) is 0 Å². The molecule has 0 fully saturated rings. The van der Waals surface area contributed by atoms with Gasteiger partial charge in [-0.3, -0.25) is 4.72 Å². The van der Waals surface area contributed by atoms with Gasteiger partial charge in [0.05, 0.1) is 9.98 Å². The number of nitrogens with one attached hydrogen (secondary N) is 1. The van der Waals surface area contributed by atoms with Crippen LogP contribution in [-0.4, -0.2) is 23.0 Å². The Morgan fingerprint density at radius 2 is 2.26 bits per heavy atom. The fourth-order valence-electron chi connectivity index (χ4n) is 1.54. The summed E-state index contributed by atoms with van der Waals surface area (Å²) in [7, 11) is -3.67. The van der Waals surface area contributed by atoms with Gasteiger partial charge in [-0.05, 0) is 29.3 Å². The molecule has 1 N–H and O–H groups in total. The Hall–Kier alpha value is -0.930. The largest absolute Gasteiger partial charge is 0.334 e. The summed E-state index contributed by atoms with van der Waals surface area (Å²) in [5.74, 6) is 0.683. The minimum Gasteiger partial charge on any atom is -0.334 e. The highest BCUT2D eigenvalue weighted by Gasteiger charge is 2.20. The average Bonchev–Trinajstić information content (AvgIpc) is 2.87. The molecular weight excluding hydrogens is 352 g/mol. The molecule has 19 heavy (non-hydrogen) atoms. The van der Waals surface area contributed by atoms with Crippen molar-refractivity contribution in [2.24, 2.45) is 0 Å². The maximum atomic E-state index is 12.1. The van der Waals surface area contributed by atoms with Gasteiger partial charge in [0.25, 0.3) is 10.0 Å². The molecule has 0 amide bonds. The van der Waals surface area contributed by atoms with E-state index in [4.69, 9.17) is 0 Å². The van der Waals surface area contributed by atoms with E-state index in [1.165, 1.54) is 11.3 Å². The molecule has 0 spiro atoms. The summed E-state index contributed by atoms with van der Waals surface area (Å²) in [5.41, 5.74) is 0. The molecule has 9 heteroatoms. The first kappa shape index (κ1) is 14.5. The highest BCUT2D eigenvalue weighted by atomic mass is 79.9. The smallest absolute Gasteiger partial charge is 0.282 e. The van der Waals surface area contributed by atoms with Crippen LogP contribution in [0.25, 0.3) is 0 Å². The third-order valence-electron chi connectivity index (χ3n) is 2.39. The second-order valence-corrected chi connectivity index (χ2v) is 7.93. The summed E-state index contributed by atoms with van der Waals surface area (Å²) in [6.45, 7) is 4.56. The SMILES string of the molecule is CCCn1cc(S(=O)(=O)Nc2ncc(Br)s2)nc1C. The van der Waals surface area contributed by atoms with Gasteiger partial charge in [0.1, 0.15) is 5.82 Å². The quantitative estimate of drug-likeness (QED) is 0.884. The summed E-state index contributed by atoms with van der Waals surface area (Å²) >= 11 is 4.44. The summed E-state index contributed by atoms with van der Waals surface area (Å²) in [6, 6.07) is 0. The van der Waals surface area contributed by atoms with Crippen molar-refractivity contribution in [3.05, 3.63) is 22.0 Å².